The topological polar surface area (TPSA) is 122 Å². The fourth-order valence-corrected chi connectivity index (χ4v) is 2.48. The summed E-state index contributed by atoms with van der Waals surface area (Å²) >= 11 is 0. The first-order valence-corrected chi connectivity index (χ1v) is 8.11. The van der Waals surface area contributed by atoms with Gasteiger partial charge in [-0.1, -0.05) is 5.16 Å². The van der Waals surface area contributed by atoms with Crippen LogP contribution in [0.4, 0.5) is 5.69 Å². The van der Waals surface area contributed by atoms with Crippen LogP contribution in [0.1, 0.15) is 16.2 Å². The number of esters is 1. The van der Waals surface area contributed by atoms with Crippen LogP contribution in [0.5, 0.6) is 0 Å². The van der Waals surface area contributed by atoms with Crippen LogP contribution >= 0.6 is 0 Å². The number of aromatic nitrogens is 1. The van der Waals surface area contributed by atoms with E-state index >= 15 is 0 Å². The maximum atomic E-state index is 12.2. The van der Waals surface area contributed by atoms with Gasteiger partial charge in [0.15, 0.2) is 5.76 Å². The molecule has 140 valence electrons. The first-order valence-electron chi connectivity index (χ1n) is 8.11. The standard InChI is InChI=1S/C19H12N2O7/c22-19(26-11-13-10-18(28-20-13)16-2-1-9-25-16)17-8-7-15(27-17)12-3-5-14(6-4-12)21(23)24/h1-10H,11H2. The fourth-order valence-electron chi connectivity index (χ4n) is 2.48. The molecule has 0 bridgehead atoms. The molecule has 0 saturated heterocycles. The maximum absolute atomic E-state index is 12.2. The molecule has 3 aromatic heterocycles. The van der Waals surface area contributed by atoms with Crippen LogP contribution in [0.2, 0.25) is 0 Å². The van der Waals surface area contributed by atoms with Crippen LogP contribution in [0.25, 0.3) is 22.8 Å². The number of nitro groups is 1. The molecule has 0 amide bonds. The van der Waals surface area contributed by atoms with Gasteiger partial charge in [-0.3, -0.25) is 10.1 Å². The van der Waals surface area contributed by atoms with E-state index in [1.807, 2.05) is 0 Å². The number of non-ortho nitro benzene ring substituents is 1. The molecule has 0 fully saturated rings. The van der Waals surface area contributed by atoms with Crippen molar-refractivity contribution in [3.63, 3.8) is 0 Å². The highest BCUT2D eigenvalue weighted by atomic mass is 16.6. The van der Waals surface area contributed by atoms with Crippen molar-refractivity contribution in [3.05, 3.63) is 82.4 Å². The maximum Gasteiger partial charge on any atom is 0.374 e. The third-order valence-electron chi connectivity index (χ3n) is 3.84. The van der Waals surface area contributed by atoms with E-state index in [-0.39, 0.29) is 18.1 Å². The van der Waals surface area contributed by atoms with Gasteiger partial charge in [-0.2, -0.15) is 0 Å². The lowest BCUT2D eigenvalue weighted by molar-refractivity contribution is -0.384. The minimum absolute atomic E-state index is 0.00288. The number of nitrogens with zero attached hydrogens (tertiary/aromatic N) is 2. The molecule has 0 radical (unpaired) electrons. The Kier molecular flexibility index (Phi) is 4.47. The molecule has 0 aliphatic carbocycles. The molecule has 4 aromatic rings. The smallest absolute Gasteiger partial charge is 0.374 e. The van der Waals surface area contributed by atoms with Gasteiger partial charge in [0.05, 0.1) is 11.2 Å². The predicted octanol–water partition coefficient (Wildman–Crippen LogP) is 4.46. The Morgan fingerprint density at radius 2 is 1.89 bits per heavy atom. The Balaban J connectivity index is 1.40. The molecule has 4 rings (SSSR count). The molecule has 1 aromatic carbocycles. The van der Waals surface area contributed by atoms with Gasteiger partial charge in [0.1, 0.15) is 18.1 Å². The van der Waals surface area contributed by atoms with Gasteiger partial charge < -0.3 is 18.1 Å². The number of nitro benzene ring substituents is 1. The average Bonchev–Trinajstić information content (AvgIpc) is 3.47. The van der Waals surface area contributed by atoms with Crippen molar-refractivity contribution in [3.8, 4) is 22.8 Å². The van der Waals surface area contributed by atoms with Crippen LogP contribution in [0, 0.1) is 10.1 Å². The molecule has 28 heavy (non-hydrogen) atoms. The van der Waals surface area contributed by atoms with E-state index in [1.165, 1.54) is 36.6 Å². The second kappa shape index (κ2) is 7.23. The molecular formula is C19H12N2O7. The molecular weight excluding hydrogens is 368 g/mol. The van der Waals surface area contributed by atoms with E-state index < -0.39 is 10.9 Å². The van der Waals surface area contributed by atoms with Gasteiger partial charge >= 0.3 is 5.97 Å². The number of furan rings is 2. The van der Waals surface area contributed by atoms with Crippen molar-refractivity contribution >= 4 is 11.7 Å². The monoisotopic (exact) mass is 380 g/mol. The summed E-state index contributed by atoms with van der Waals surface area (Å²) < 4.78 is 21.0. The van der Waals surface area contributed by atoms with Gasteiger partial charge in [-0.15, -0.1) is 0 Å². The van der Waals surface area contributed by atoms with E-state index in [2.05, 4.69) is 5.16 Å². The zero-order valence-electron chi connectivity index (χ0n) is 14.2. The third kappa shape index (κ3) is 3.54. The molecule has 0 spiro atoms. The molecule has 0 saturated carbocycles. The van der Waals surface area contributed by atoms with Crippen LogP contribution in [0.3, 0.4) is 0 Å². The van der Waals surface area contributed by atoms with Gasteiger partial charge in [0.2, 0.25) is 11.5 Å². The summed E-state index contributed by atoms with van der Waals surface area (Å²) in [5.74, 6) is 0.667. The van der Waals surface area contributed by atoms with E-state index in [0.29, 0.717) is 28.5 Å². The number of ether oxygens (including phenoxy) is 1. The van der Waals surface area contributed by atoms with Crippen LogP contribution < -0.4 is 0 Å². The fraction of sp³-hybridized carbons (Fsp3) is 0.0526. The Hall–Kier alpha value is -4.14. The number of benzene rings is 1. The summed E-state index contributed by atoms with van der Waals surface area (Å²) in [6.45, 7) is -0.101. The van der Waals surface area contributed by atoms with Crippen molar-refractivity contribution in [2.24, 2.45) is 0 Å². The number of carbonyl (C=O) groups is 1. The molecule has 0 N–H and O–H groups in total. The highest BCUT2D eigenvalue weighted by molar-refractivity contribution is 5.87. The van der Waals surface area contributed by atoms with E-state index in [1.54, 1.807) is 24.3 Å². The number of hydrogen-bond acceptors (Lipinski definition) is 8. The lowest BCUT2D eigenvalue weighted by Crippen LogP contribution is -2.04. The number of rotatable bonds is 6. The Morgan fingerprint density at radius 3 is 2.61 bits per heavy atom. The highest BCUT2D eigenvalue weighted by Gasteiger charge is 2.16. The molecule has 9 heteroatoms. The minimum atomic E-state index is -0.671. The van der Waals surface area contributed by atoms with Crippen molar-refractivity contribution in [1.29, 1.82) is 0 Å². The SMILES string of the molecule is O=C(OCc1cc(-c2ccco2)on1)c1ccc(-c2ccc([N+](=O)[O-])cc2)o1. The first kappa shape index (κ1) is 17.3. The highest BCUT2D eigenvalue weighted by Crippen LogP contribution is 2.25. The van der Waals surface area contributed by atoms with E-state index in [0.717, 1.165) is 0 Å². The Labute approximate surface area is 157 Å². The van der Waals surface area contributed by atoms with Crippen LogP contribution in [-0.4, -0.2) is 16.0 Å². The van der Waals surface area contributed by atoms with Gasteiger partial charge in [0.25, 0.3) is 5.69 Å². The lowest BCUT2D eigenvalue weighted by atomic mass is 10.1. The summed E-state index contributed by atoms with van der Waals surface area (Å²) in [6, 6.07) is 13.9. The molecule has 0 atom stereocenters. The summed E-state index contributed by atoms with van der Waals surface area (Å²) in [5, 5.41) is 14.5. The molecule has 0 aliphatic heterocycles. The number of hydrogen-bond donors (Lipinski definition) is 0. The minimum Gasteiger partial charge on any atom is -0.461 e. The Morgan fingerprint density at radius 1 is 1.07 bits per heavy atom. The van der Waals surface area contributed by atoms with Crippen molar-refractivity contribution in [1.82, 2.24) is 5.16 Å². The van der Waals surface area contributed by atoms with E-state index in [4.69, 9.17) is 18.1 Å². The zero-order chi connectivity index (χ0) is 19.5. The predicted molar refractivity (Wildman–Crippen MR) is 94.1 cm³/mol. The van der Waals surface area contributed by atoms with Gasteiger partial charge in [-0.25, -0.2) is 4.79 Å². The van der Waals surface area contributed by atoms with Crippen molar-refractivity contribution in [2.45, 2.75) is 6.61 Å². The molecule has 0 aliphatic rings. The summed E-state index contributed by atoms with van der Waals surface area (Å²) in [4.78, 5) is 22.4. The molecule has 0 unspecified atom stereocenters. The zero-order valence-corrected chi connectivity index (χ0v) is 14.2. The summed E-state index contributed by atoms with van der Waals surface area (Å²) in [5.41, 5.74) is 0.989. The van der Waals surface area contributed by atoms with Crippen LogP contribution in [-0.2, 0) is 11.3 Å². The average molecular weight is 380 g/mol. The second-order valence-electron chi connectivity index (χ2n) is 5.70. The normalized spacial score (nSPS) is 10.7. The summed E-state index contributed by atoms with van der Waals surface area (Å²) in [6.07, 6.45) is 1.51. The summed E-state index contributed by atoms with van der Waals surface area (Å²) in [7, 11) is 0. The second-order valence-corrected chi connectivity index (χ2v) is 5.70. The van der Waals surface area contributed by atoms with Gasteiger partial charge in [0, 0.05) is 23.8 Å². The lowest BCUT2D eigenvalue weighted by Gasteiger charge is -2.00. The van der Waals surface area contributed by atoms with Gasteiger partial charge in [-0.05, 0) is 36.4 Å². The molecule has 3 heterocycles. The quantitative estimate of drug-likeness (QED) is 0.273. The number of carbonyl (C=O) groups excluding carboxylic acids is 1. The Bertz CT molecular complexity index is 1110. The largest absolute Gasteiger partial charge is 0.461 e. The van der Waals surface area contributed by atoms with Crippen molar-refractivity contribution < 1.29 is 27.8 Å². The van der Waals surface area contributed by atoms with E-state index in [9.17, 15) is 14.9 Å². The van der Waals surface area contributed by atoms with Crippen molar-refractivity contribution in [2.75, 3.05) is 0 Å². The third-order valence-corrected chi connectivity index (χ3v) is 3.84. The molecule has 9 nitrogen and oxygen atoms in total. The van der Waals surface area contributed by atoms with Crippen LogP contribution in [0.15, 0.2) is 74.2 Å². The first-order chi connectivity index (χ1) is 13.6.